The average molecular weight is 171 g/mol. The molecular weight excluding hydrogens is 164 g/mol. The van der Waals surface area contributed by atoms with Gasteiger partial charge in [-0.15, -0.1) is 0 Å². The highest BCUT2D eigenvalue weighted by Gasteiger charge is 1.98. The zero-order chi connectivity index (χ0) is 8.27. The van der Waals surface area contributed by atoms with Gasteiger partial charge in [0.25, 0.3) is 0 Å². The van der Waals surface area contributed by atoms with Gasteiger partial charge >= 0.3 is 6.03 Å². The number of anilines is 1. The monoisotopic (exact) mass is 170 g/mol. The summed E-state index contributed by atoms with van der Waals surface area (Å²) in [6.07, 6.45) is 0. The lowest BCUT2D eigenvalue weighted by Crippen LogP contribution is -2.19. The maximum Gasteiger partial charge on any atom is 0.316 e. The summed E-state index contributed by atoms with van der Waals surface area (Å²) in [7, 11) is 0. The topological polar surface area (TPSA) is 55.1 Å². The first kappa shape index (κ1) is 7.88. The van der Waals surface area contributed by atoms with Crippen molar-refractivity contribution < 1.29 is 4.79 Å². The van der Waals surface area contributed by atoms with Crippen molar-refractivity contribution in [2.24, 2.45) is 5.73 Å². The van der Waals surface area contributed by atoms with Crippen LogP contribution in [0.5, 0.6) is 0 Å². The van der Waals surface area contributed by atoms with Crippen LogP contribution < -0.4 is 11.1 Å². The van der Waals surface area contributed by atoms with Gasteiger partial charge in [-0.1, -0.05) is 23.7 Å². The number of benzene rings is 1. The number of urea groups is 1. The van der Waals surface area contributed by atoms with Gasteiger partial charge in [-0.05, 0) is 12.1 Å². The van der Waals surface area contributed by atoms with Crippen LogP contribution >= 0.6 is 11.6 Å². The van der Waals surface area contributed by atoms with E-state index in [0.29, 0.717) is 10.7 Å². The molecule has 11 heavy (non-hydrogen) atoms. The number of carbonyl (C=O) groups is 1. The number of amides is 2. The van der Waals surface area contributed by atoms with E-state index in [0.717, 1.165) is 0 Å². The van der Waals surface area contributed by atoms with Crippen LogP contribution in [-0.2, 0) is 0 Å². The lowest BCUT2D eigenvalue weighted by molar-refractivity contribution is 0.259. The van der Waals surface area contributed by atoms with Crippen LogP contribution in [0.25, 0.3) is 0 Å². The number of rotatable bonds is 1. The smallest absolute Gasteiger partial charge is 0.316 e. The fraction of sp³-hybridized carbons (Fsp3) is 0. The van der Waals surface area contributed by atoms with Gasteiger partial charge in [0.2, 0.25) is 0 Å². The minimum atomic E-state index is -0.613. The highest BCUT2D eigenvalue weighted by molar-refractivity contribution is 6.33. The van der Waals surface area contributed by atoms with E-state index in [1.165, 1.54) is 0 Å². The molecule has 0 saturated carbocycles. The highest BCUT2D eigenvalue weighted by Crippen LogP contribution is 2.19. The molecule has 0 heterocycles. The molecule has 0 bridgehead atoms. The fourth-order valence-corrected chi connectivity index (χ4v) is 0.878. The molecule has 0 atom stereocenters. The van der Waals surface area contributed by atoms with Crippen molar-refractivity contribution in [3.8, 4) is 0 Å². The minimum absolute atomic E-state index is 0.478. The second-order valence-electron chi connectivity index (χ2n) is 1.97. The molecule has 0 saturated heterocycles. The number of hydrogen-bond donors (Lipinski definition) is 2. The zero-order valence-electron chi connectivity index (χ0n) is 5.67. The molecule has 1 aromatic carbocycles. The van der Waals surface area contributed by atoms with Crippen molar-refractivity contribution >= 4 is 23.3 Å². The number of primary amides is 1. The van der Waals surface area contributed by atoms with Crippen molar-refractivity contribution in [1.82, 2.24) is 0 Å². The number of nitrogens with one attached hydrogen (secondary N) is 1. The molecule has 3 nitrogen and oxygen atoms in total. The molecule has 0 fully saturated rings. The summed E-state index contributed by atoms with van der Waals surface area (Å²) in [4.78, 5) is 10.4. The second kappa shape index (κ2) is 3.25. The van der Waals surface area contributed by atoms with E-state index >= 15 is 0 Å². The third kappa shape index (κ3) is 2.13. The van der Waals surface area contributed by atoms with Gasteiger partial charge in [-0.3, -0.25) is 0 Å². The van der Waals surface area contributed by atoms with Crippen molar-refractivity contribution in [2.45, 2.75) is 0 Å². The predicted molar refractivity (Wildman–Crippen MR) is 44.7 cm³/mol. The Bertz CT molecular complexity index is 275. The maximum absolute atomic E-state index is 10.4. The normalized spacial score (nSPS) is 9.18. The molecule has 1 rings (SSSR count). The fourth-order valence-electron chi connectivity index (χ4n) is 0.695. The number of nitrogens with two attached hydrogens (primary N) is 1. The van der Waals surface area contributed by atoms with Crippen molar-refractivity contribution in [3.05, 3.63) is 29.3 Å². The molecule has 0 aromatic heterocycles. The standard InChI is InChI=1S/C7H7ClN2O/c8-5-3-1-2-4-6(5)10-7(9)11/h1-4H,(H3,9,10,11). The Morgan fingerprint density at radius 1 is 1.45 bits per heavy atom. The lowest BCUT2D eigenvalue weighted by atomic mass is 10.3. The third-order valence-corrected chi connectivity index (χ3v) is 1.46. The molecule has 0 aliphatic rings. The largest absolute Gasteiger partial charge is 0.351 e. The molecule has 0 radical (unpaired) electrons. The number of halogens is 1. The number of carbonyl (C=O) groups excluding carboxylic acids is 1. The molecule has 0 aliphatic heterocycles. The van der Waals surface area contributed by atoms with E-state index < -0.39 is 6.03 Å². The Morgan fingerprint density at radius 2 is 2.09 bits per heavy atom. The van der Waals surface area contributed by atoms with Gasteiger partial charge in [-0.2, -0.15) is 0 Å². The summed E-state index contributed by atoms with van der Waals surface area (Å²) in [6, 6.07) is 6.27. The van der Waals surface area contributed by atoms with Crippen LogP contribution in [0.2, 0.25) is 5.02 Å². The van der Waals surface area contributed by atoms with Crippen LogP contribution in [-0.4, -0.2) is 6.03 Å². The van der Waals surface area contributed by atoms with E-state index in [-0.39, 0.29) is 0 Å². The molecule has 0 aliphatic carbocycles. The van der Waals surface area contributed by atoms with E-state index in [1.54, 1.807) is 24.3 Å². The Kier molecular flexibility index (Phi) is 2.33. The first-order valence-electron chi connectivity index (χ1n) is 3.01. The number of para-hydroxylation sites is 1. The van der Waals surface area contributed by atoms with Crippen LogP contribution in [0.1, 0.15) is 0 Å². The summed E-state index contributed by atoms with van der Waals surface area (Å²) in [5, 5.41) is 2.86. The summed E-state index contributed by atoms with van der Waals surface area (Å²) in [5.41, 5.74) is 5.41. The van der Waals surface area contributed by atoms with Crippen LogP contribution in [0.15, 0.2) is 24.3 Å². The SMILES string of the molecule is NC(=O)Nc1ccccc1Cl. The quantitative estimate of drug-likeness (QED) is 0.664. The van der Waals surface area contributed by atoms with Gasteiger partial charge in [0.05, 0.1) is 10.7 Å². The van der Waals surface area contributed by atoms with E-state index in [9.17, 15) is 4.79 Å². The average Bonchev–Trinajstić information content (AvgIpc) is 1.93. The Morgan fingerprint density at radius 3 is 2.64 bits per heavy atom. The minimum Gasteiger partial charge on any atom is -0.351 e. The summed E-state index contributed by atoms with van der Waals surface area (Å²) in [5.74, 6) is 0. The second-order valence-corrected chi connectivity index (χ2v) is 2.38. The van der Waals surface area contributed by atoms with Crippen LogP contribution in [0.3, 0.4) is 0 Å². The van der Waals surface area contributed by atoms with E-state index in [4.69, 9.17) is 17.3 Å². The van der Waals surface area contributed by atoms with Gasteiger partial charge < -0.3 is 11.1 Å². The van der Waals surface area contributed by atoms with Crippen molar-refractivity contribution in [2.75, 3.05) is 5.32 Å². The lowest BCUT2D eigenvalue weighted by Gasteiger charge is -2.01. The van der Waals surface area contributed by atoms with Crippen LogP contribution in [0, 0.1) is 0 Å². The molecule has 4 heteroatoms. The summed E-state index contributed by atoms with van der Waals surface area (Å²) in [6.45, 7) is 0. The van der Waals surface area contributed by atoms with E-state index in [1.807, 2.05) is 0 Å². The Labute approximate surface area is 69.2 Å². The molecule has 1 aromatic rings. The zero-order valence-corrected chi connectivity index (χ0v) is 6.43. The van der Waals surface area contributed by atoms with Crippen LogP contribution in [0.4, 0.5) is 10.5 Å². The van der Waals surface area contributed by atoms with E-state index in [2.05, 4.69) is 5.32 Å². The first-order valence-corrected chi connectivity index (χ1v) is 3.39. The van der Waals surface area contributed by atoms with Crippen molar-refractivity contribution in [3.63, 3.8) is 0 Å². The van der Waals surface area contributed by atoms with Gasteiger partial charge in [0.1, 0.15) is 0 Å². The predicted octanol–water partition coefficient (Wildman–Crippen LogP) is 1.83. The Hall–Kier alpha value is -1.22. The Balaban J connectivity index is 2.86. The first-order chi connectivity index (χ1) is 5.20. The van der Waals surface area contributed by atoms with Gasteiger partial charge in [0.15, 0.2) is 0 Å². The molecule has 2 amide bonds. The number of hydrogen-bond acceptors (Lipinski definition) is 1. The third-order valence-electron chi connectivity index (χ3n) is 1.13. The molecule has 0 unspecified atom stereocenters. The van der Waals surface area contributed by atoms with Gasteiger partial charge in [-0.25, -0.2) is 4.79 Å². The van der Waals surface area contributed by atoms with Crippen molar-refractivity contribution in [1.29, 1.82) is 0 Å². The molecule has 58 valence electrons. The summed E-state index contributed by atoms with van der Waals surface area (Å²) < 4.78 is 0. The molecular formula is C7H7ClN2O. The maximum atomic E-state index is 10.4. The molecule has 0 spiro atoms. The molecule has 3 N–H and O–H groups in total. The van der Waals surface area contributed by atoms with Gasteiger partial charge in [0, 0.05) is 0 Å². The highest BCUT2D eigenvalue weighted by atomic mass is 35.5. The summed E-state index contributed by atoms with van der Waals surface area (Å²) >= 11 is 5.70.